The highest BCUT2D eigenvalue weighted by Gasteiger charge is 2.08. The number of benzene rings is 1. The summed E-state index contributed by atoms with van der Waals surface area (Å²) in [6.07, 6.45) is 0.974. The zero-order valence-corrected chi connectivity index (χ0v) is 10.6. The monoisotopic (exact) mass is 252 g/mol. The Bertz CT molecular complexity index is 361. The van der Waals surface area contributed by atoms with Crippen LogP contribution in [0.2, 0.25) is 0 Å². The lowest BCUT2D eigenvalue weighted by atomic mass is 10.2. The van der Waals surface area contributed by atoms with Gasteiger partial charge in [-0.15, -0.1) is 0 Å². The molecule has 5 nitrogen and oxygen atoms in total. The Morgan fingerprint density at radius 3 is 2.67 bits per heavy atom. The molecular weight excluding hydrogens is 232 g/mol. The molecule has 0 bridgehead atoms. The lowest BCUT2D eigenvalue weighted by Gasteiger charge is -2.14. The van der Waals surface area contributed by atoms with Crippen molar-refractivity contribution in [3.8, 4) is 5.75 Å². The molecule has 1 rings (SSSR count). The van der Waals surface area contributed by atoms with E-state index in [9.17, 15) is 4.79 Å². The highest BCUT2D eigenvalue weighted by molar-refractivity contribution is 5.76. The van der Waals surface area contributed by atoms with Crippen molar-refractivity contribution in [2.24, 2.45) is 0 Å². The van der Waals surface area contributed by atoms with Gasteiger partial charge in [-0.3, -0.25) is 4.79 Å². The number of nitrogen functional groups attached to an aromatic ring is 1. The van der Waals surface area contributed by atoms with Gasteiger partial charge in [0.15, 0.2) is 0 Å². The molecule has 1 atom stereocenters. The molecule has 0 aliphatic rings. The highest BCUT2D eigenvalue weighted by atomic mass is 16.5. The molecule has 100 valence electrons. The van der Waals surface area contributed by atoms with Crippen molar-refractivity contribution < 1.29 is 14.6 Å². The van der Waals surface area contributed by atoms with Crippen LogP contribution >= 0.6 is 0 Å². The van der Waals surface area contributed by atoms with Gasteiger partial charge in [0, 0.05) is 5.69 Å². The first-order chi connectivity index (χ1) is 8.65. The summed E-state index contributed by atoms with van der Waals surface area (Å²) in [5.41, 5.74) is 6.22. The molecule has 0 saturated carbocycles. The molecule has 0 fully saturated rings. The molecule has 0 aromatic heterocycles. The number of rotatable bonds is 7. The maximum Gasteiger partial charge on any atom is 0.223 e. The van der Waals surface area contributed by atoms with Crippen LogP contribution in [0.15, 0.2) is 24.3 Å². The Labute approximate surface area is 107 Å². The molecule has 4 N–H and O–H groups in total. The minimum Gasteiger partial charge on any atom is -0.493 e. The molecule has 0 saturated heterocycles. The third kappa shape index (κ3) is 5.05. The van der Waals surface area contributed by atoms with Crippen molar-refractivity contribution in [3.05, 3.63) is 24.3 Å². The van der Waals surface area contributed by atoms with Gasteiger partial charge in [-0.25, -0.2) is 0 Å². The summed E-state index contributed by atoms with van der Waals surface area (Å²) in [4.78, 5) is 11.5. The summed E-state index contributed by atoms with van der Waals surface area (Å²) < 4.78 is 5.40. The lowest BCUT2D eigenvalue weighted by Crippen LogP contribution is -2.37. The fourth-order valence-electron chi connectivity index (χ4n) is 1.40. The number of nitrogens with one attached hydrogen (secondary N) is 1. The minimum absolute atomic E-state index is 0.0406. The van der Waals surface area contributed by atoms with Crippen LogP contribution < -0.4 is 15.8 Å². The first-order valence-electron chi connectivity index (χ1n) is 6.04. The van der Waals surface area contributed by atoms with Crippen molar-refractivity contribution in [2.75, 3.05) is 18.9 Å². The second-order valence-corrected chi connectivity index (χ2v) is 4.02. The number of nitrogens with two attached hydrogens (primary N) is 1. The molecular formula is C13H20N2O3. The number of amides is 1. The van der Waals surface area contributed by atoms with E-state index in [4.69, 9.17) is 15.6 Å². The predicted molar refractivity (Wildman–Crippen MR) is 70.3 cm³/mol. The highest BCUT2D eigenvalue weighted by Crippen LogP contribution is 2.13. The van der Waals surface area contributed by atoms with Crippen LogP contribution in [0.25, 0.3) is 0 Å². The molecule has 0 radical (unpaired) electrons. The number of hydrogen-bond acceptors (Lipinski definition) is 4. The Morgan fingerprint density at radius 1 is 1.44 bits per heavy atom. The molecule has 0 aliphatic heterocycles. The standard InChI is InChI=1S/C13H20N2O3/c1-2-11(9-16)15-13(17)7-8-18-12-5-3-10(14)4-6-12/h3-6,11,16H,2,7-9,14H2,1H3,(H,15,17)/t11-/m0/s1. The normalized spacial score (nSPS) is 11.9. The van der Waals surface area contributed by atoms with E-state index in [1.807, 2.05) is 6.92 Å². The number of ether oxygens (including phenoxy) is 1. The van der Waals surface area contributed by atoms with Gasteiger partial charge < -0.3 is 20.9 Å². The third-order valence-corrected chi connectivity index (χ3v) is 2.56. The van der Waals surface area contributed by atoms with Gasteiger partial charge in [-0.2, -0.15) is 0 Å². The lowest BCUT2D eigenvalue weighted by molar-refractivity contribution is -0.122. The maximum atomic E-state index is 11.5. The number of aliphatic hydroxyl groups is 1. The molecule has 1 amide bonds. The topological polar surface area (TPSA) is 84.6 Å². The van der Waals surface area contributed by atoms with E-state index >= 15 is 0 Å². The Kier molecular flexibility index (Phi) is 6.00. The zero-order chi connectivity index (χ0) is 13.4. The van der Waals surface area contributed by atoms with Gasteiger partial charge >= 0.3 is 0 Å². The van der Waals surface area contributed by atoms with Crippen LogP contribution in [0.5, 0.6) is 5.75 Å². The average Bonchev–Trinajstić information content (AvgIpc) is 2.38. The van der Waals surface area contributed by atoms with Gasteiger partial charge in [0.05, 0.1) is 25.7 Å². The second-order valence-electron chi connectivity index (χ2n) is 4.02. The van der Waals surface area contributed by atoms with Crippen LogP contribution in [0, 0.1) is 0 Å². The van der Waals surface area contributed by atoms with Gasteiger partial charge in [0.1, 0.15) is 5.75 Å². The molecule has 1 aromatic rings. The molecule has 0 spiro atoms. The Morgan fingerprint density at radius 2 is 2.11 bits per heavy atom. The summed E-state index contributed by atoms with van der Waals surface area (Å²) in [6, 6.07) is 6.84. The fraction of sp³-hybridized carbons (Fsp3) is 0.462. The van der Waals surface area contributed by atoms with Gasteiger partial charge in [0.2, 0.25) is 5.91 Å². The SMILES string of the molecule is CC[C@@H](CO)NC(=O)CCOc1ccc(N)cc1. The van der Waals surface area contributed by atoms with Gasteiger partial charge in [0.25, 0.3) is 0 Å². The minimum atomic E-state index is -0.172. The maximum absolute atomic E-state index is 11.5. The summed E-state index contributed by atoms with van der Waals surface area (Å²) >= 11 is 0. The van der Waals surface area contributed by atoms with Crippen molar-refractivity contribution in [1.29, 1.82) is 0 Å². The number of anilines is 1. The van der Waals surface area contributed by atoms with Crippen LogP contribution in [-0.2, 0) is 4.79 Å². The van der Waals surface area contributed by atoms with E-state index in [1.54, 1.807) is 24.3 Å². The van der Waals surface area contributed by atoms with Crippen molar-refractivity contribution >= 4 is 11.6 Å². The number of aliphatic hydroxyl groups excluding tert-OH is 1. The van der Waals surface area contributed by atoms with E-state index in [0.717, 1.165) is 0 Å². The molecule has 0 heterocycles. The van der Waals surface area contributed by atoms with Crippen LogP contribution in [0.3, 0.4) is 0 Å². The largest absolute Gasteiger partial charge is 0.493 e. The first kappa shape index (κ1) is 14.3. The van der Waals surface area contributed by atoms with E-state index in [2.05, 4.69) is 5.32 Å². The summed E-state index contributed by atoms with van der Waals surface area (Å²) in [5.74, 6) is 0.567. The number of carbonyl (C=O) groups excluding carboxylic acids is 1. The van der Waals surface area contributed by atoms with E-state index in [-0.39, 0.29) is 25.0 Å². The molecule has 18 heavy (non-hydrogen) atoms. The van der Waals surface area contributed by atoms with Crippen LogP contribution in [0.1, 0.15) is 19.8 Å². The van der Waals surface area contributed by atoms with Crippen LogP contribution in [0.4, 0.5) is 5.69 Å². The van der Waals surface area contributed by atoms with Gasteiger partial charge in [-0.05, 0) is 30.7 Å². The average molecular weight is 252 g/mol. The number of carbonyl (C=O) groups is 1. The molecule has 5 heteroatoms. The molecule has 1 aromatic carbocycles. The fourth-order valence-corrected chi connectivity index (χ4v) is 1.40. The predicted octanol–water partition coefficient (Wildman–Crippen LogP) is 0.925. The number of hydrogen-bond donors (Lipinski definition) is 3. The van der Waals surface area contributed by atoms with E-state index in [0.29, 0.717) is 24.5 Å². The first-order valence-corrected chi connectivity index (χ1v) is 6.04. The van der Waals surface area contributed by atoms with Crippen molar-refractivity contribution in [2.45, 2.75) is 25.8 Å². The second kappa shape index (κ2) is 7.55. The van der Waals surface area contributed by atoms with Crippen molar-refractivity contribution in [1.82, 2.24) is 5.32 Å². The van der Waals surface area contributed by atoms with Crippen molar-refractivity contribution in [3.63, 3.8) is 0 Å². The quantitative estimate of drug-likeness (QED) is 0.630. The zero-order valence-electron chi connectivity index (χ0n) is 10.6. The Balaban J connectivity index is 2.25. The smallest absolute Gasteiger partial charge is 0.223 e. The van der Waals surface area contributed by atoms with E-state index in [1.165, 1.54) is 0 Å². The van der Waals surface area contributed by atoms with E-state index < -0.39 is 0 Å². The summed E-state index contributed by atoms with van der Waals surface area (Å²) in [6.45, 7) is 2.17. The van der Waals surface area contributed by atoms with Gasteiger partial charge in [-0.1, -0.05) is 6.92 Å². The molecule has 0 unspecified atom stereocenters. The molecule has 0 aliphatic carbocycles. The van der Waals surface area contributed by atoms with Crippen LogP contribution in [-0.4, -0.2) is 30.3 Å². The summed E-state index contributed by atoms with van der Waals surface area (Å²) in [7, 11) is 0. The third-order valence-electron chi connectivity index (χ3n) is 2.56. The summed E-state index contributed by atoms with van der Waals surface area (Å²) in [5, 5.41) is 11.7. The Hall–Kier alpha value is -1.75.